The normalized spacial score (nSPS) is 22.8. The van der Waals surface area contributed by atoms with Gasteiger partial charge < -0.3 is 10.1 Å². The summed E-state index contributed by atoms with van der Waals surface area (Å²) in [6, 6.07) is 7.77. The van der Waals surface area contributed by atoms with Gasteiger partial charge in [-0.1, -0.05) is 50.6 Å². The quantitative estimate of drug-likeness (QED) is 0.782. The van der Waals surface area contributed by atoms with E-state index in [-0.39, 0.29) is 17.7 Å². The van der Waals surface area contributed by atoms with Gasteiger partial charge in [-0.05, 0) is 40.8 Å². The summed E-state index contributed by atoms with van der Waals surface area (Å²) in [5.41, 5.74) is 0.748. The molecule has 1 fully saturated rings. The number of benzene rings is 1. The molecular weight excluding hydrogens is 350 g/mol. The zero-order valence-electron chi connectivity index (χ0n) is 15.4. The summed E-state index contributed by atoms with van der Waals surface area (Å²) in [5, 5.41) is 15.6. The zero-order chi connectivity index (χ0) is 18.5. The van der Waals surface area contributed by atoms with Crippen LogP contribution in [0.2, 0.25) is 0 Å². The monoisotopic (exact) mass is 375 g/mol. The fraction of sp³-hybridized carbons (Fsp3) is 0.556. The minimum absolute atomic E-state index is 0.0236. The largest absolute Gasteiger partial charge is 0.494 e. The highest BCUT2D eigenvalue weighted by Crippen LogP contribution is 2.30. The molecule has 0 spiro atoms. The van der Waals surface area contributed by atoms with Gasteiger partial charge in [0.15, 0.2) is 0 Å². The number of para-hydroxylation sites is 2. The Balaban J connectivity index is 1.62. The molecule has 0 saturated heterocycles. The molecule has 0 bridgehead atoms. The van der Waals surface area contributed by atoms with Gasteiger partial charge in [-0.2, -0.15) is 4.68 Å². The van der Waals surface area contributed by atoms with E-state index < -0.39 is 0 Å². The fourth-order valence-electron chi connectivity index (χ4n) is 3.39. The SMILES string of the molecule is COc1ccccc1-n1nnnc1SCC(=O)N[C@@H]1CCC[C@H](C)[C@H]1C. The highest BCUT2D eigenvalue weighted by molar-refractivity contribution is 7.99. The Hall–Kier alpha value is -2.09. The maximum atomic E-state index is 12.4. The predicted octanol–water partition coefficient (Wildman–Crippen LogP) is 2.70. The number of nitrogens with one attached hydrogen (secondary N) is 1. The van der Waals surface area contributed by atoms with Crippen LogP contribution < -0.4 is 10.1 Å². The highest BCUT2D eigenvalue weighted by atomic mass is 32.2. The summed E-state index contributed by atoms with van der Waals surface area (Å²) >= 11 is 1.33. The number of ether oxygens (including phenoxy) is 1. The van der Waals surface area contributed by atoms with Gasteiger partial charge in [0.25, 0.3) is 0 Å². The first-order valence-electron chi connectivity index (χ1n) is 8.94. The van der Waals surface area contributed by atoms with Gasteiger partial charge in [-0.3, -0.25) is 4.79 Å². The third-order valence-electron chi connectivity index (χ3n) is 5.14. The van der Waals surface area contributed by atoms with Gasteiger partial charge in [-0.25, -0.2) is 0 Å². The molecule has 1 aromatic carbocycles. The Kier molecular flexibility index (Phi) is 6.13. The van der Waals surface area contributed by atoms with Crippen LogP contribution in [0.4, 0.5) is 0 Å². The van der Waals surface area contributed by atoms with Crippen LogP contribution >= 0.6 is 11.8 Å². The molecule has 26 heavy (non-hydrogen) atoms. The molecule has 7 nitrogen and oxygen atoms in total. The molecular formula is C18H25N5O2S. The Morgan fingerprint density at radius 2 is 2.15 bits per heavy atom. The maximum absolute atomic E-state index is 12.4. The van der Waals surface area contributed by atoms with E-state index in [4.69, 9.17) is 4.74 Å². The Morgan fingerprint density at radius 1 is 1.35 bits per heavy atom. The number of rotatable bonds is 6. The summed E-state index contributed by atoms with van der Waals surface area (Å²) in [6.07, 6.45) is 3.48. The molecule has 0 unspecified atom stereocenters. The molecule has 8 heteroatoms. The predicted molar refractivity (Wildman–Crippen MR) is 101 cm³/mol. The van der Waals surface area contributed by atoms with Crippen LogP contribution in [0.3, 0.4) is 0 Å². The first kappa shape index (κ1) is 18.7. The highest BCUT2D eigenvalue weighted by Gasteiger charge is 2.28. The van der Waals surface area contributed by atoms with Crippen molar-refractivity contribution in [2.24, 2.45) is 11.8 Å². The van der Waals surface area contributed by atoms with Crippen molar-refractivity contribution in [2.45, 2.75) is 44.3 Å². The van der Waals surface area contributed by atoms with Crippen molar-refractivity contribution in [3.63, 3.8) is 0 Å². The third-order valence-corrected chi connectivity index (χ3v) is 6.06. The molecule has 0 aliphatic heterocycles. The molecule has 3 rings (SSSR count). The van der Waals surface area contributed by atoms with E-state index in [2.05, 4.69) is 34.7 Å². The number of aromatic nitrogens is 4. The minimum atomic E-state index is 0.0236. The van der Waals surface area contributed by atoms with Gasteiger partial charge in [0.2, 0.25) is 11.1 Å². The van der Waals surface area contributed by atoms with E-state index in [1.165, 1.54) is 24.6 Å². The molecule has 1 heterocycles. The number of methoxy groups -OCH3 is 1. The first-order valence-corrected chi connectivity index (χ1v) is 9.92. The van der Waals surface area contributed by atoms with Crippen molar-refractivity contribution in [1.29, 1.82) is 0 Å². The number of hydrogen-bond acceptors (Lipinski definition) is 6. The number of tetrazole rings is 1. The topological polar surface area (TPSA) is 81.9 Å². The van der Waals surface area contributed by atoms with Crippen LogP contribution in [-0.2, 0) is 4.79 Å². The molecule has 1 N–H and O–H groups in total. The maximum Gasteiger partial charge on any atom is 0.230 e. The van der Waals surface area contributed by atoms with E-state index in [1.807, 2.05) is 24.3 Å². The van der Waals surface area contributed by atoms with Crippen LogP contribution in [0, 0.1) is 11.8 Å². The van der Waals surface area contributed by atoms with E-state index in [1.54, 1.807) is 11.8 Å². The molecule has 1 amide bonds. The molecule has 1 aliphatic carbocycles. The number of nitrogens with zero attached hydrogens (tertiary/aromatic N) is 4. The first-order chi connectivity index (χ1) is 12.6. The zero-order valence-corrected chi connectivity index (χ0v) is 16.2. The van der Waals surface area contributed by atoms with Gasteiger partial charge in [0, 0.05) is 6.04 Å². The van der Waals surface area contributed by atoms with Crippen LogP contribution in [0.25, 0.3) is 5.69 Å². The molecule has 1 aromatic heterocycles. The van der Waals surface area contributed by atoms with Crippen LogP contribution in [-0.4, -0.2) is 45.0 Å². The lowest BCUT2D eigenvalue weighted by atomic mass is 9.78. The van der Waals surface area contributed by atoms with E-state index in [9.17, 15) is 4.79 Å². The molecule has 0 radical (unpaired) electrons. The smallest absolute Gasteiger partial charge is 0.230 e. The van der Waals surface area contributed by atoms with Gasteiger partial charge in [-0.15, -0.1) is 5.10 Å². The summed E-state index contributed by atoms with van der Waals surface area (Å²) < 4.78 is 6.97. The number of hydrogen-bond donors (Lipinski definition) is 1. The molecule has 1 saturated carbocycles. The molecule has 140 valence electrons. The number of carbonyl (C=O) groups is 1. The summed E-state index contributed by atoms with van der Waals surface area (Å²) in [7, 11) is 1.61. The third kappa shape index (κ3) is 4.17. The van der Waals surface area contributed by atoms with Crippen LogP contribution in [0.5, 0.6) is 5.75 Å². The van der Waals surface area contributed by atoms with Crippen LogP contribution in [0.15, 0.2) is 29.4 Å². The molecule has 3 atom stereocenters. The molecule has 2 aromatic rings. The minimum Gasteiger partial charge on any atom is -0.494 e. The lowest BCUT2D eigenvalue weighted by molar-refractivity contribution is -0.120. The van der Waals surface area contributed by atoms with Crippen molar-refractivity contribution in [3.8, 4) is 11.4 Å². The van der Waals surface area contributed by atoms with Crippen molar-refractivity contribution in [3.05, 3.63) is 24.3 Å². The van der Waals surface area contributed by atoms with Crippen molar-refractivity contribution >= 4 is 17.7 Å². The van der Waals surface area contributed by atoms with Crippen LogP contribution in [0.1, 0.15) is 33.1 Å². The van der Waals surface area contributed by atoms with Gasteiger partial charge >= 0.3 is 0 Å². The summed E-state index contributed by atoms with van der Waals surface area (Å²) in [5.74, 6) is 2.15. The van der Waals surface area contributed by atoms with Crippen molar-refractivity contribution in [2.75, 3.05) is 12.9 Å². The lowest BCUT2D eigenvalue weighted by Crippen LogP contribution is -2.44. The number of carbonyl (C=O) groups excluding carboxylic acids is 1. The Labute approximate surface area is 157 Å². The lowest BCUT2D eigenvalue weighted by Gasteiger charge is -2.34. The summed E-state index contributed by atoms with van der Waals surface area (Å²) in [6.45, 7) is 4.49. The summed E-state index contributed by atoms with van der Waals surface area (Å²) in [4.78, 5) is 12.4. The van der Waals surface area contributed by atoms with Gasteiger partial charge in [0.1, 0.15) is 11.4 Å². The van der Waals surface area contributed by atoms with Crippen molar-refractivity contribution < 1.29 is 9.53 Å². The number of amides is 1. The van der Waals surface area contributed by atoms with E-state index in [0.29, 0.717) is 22.7 Å². The second kappa shape index (κ2) is 8.53. The fourth-order valence-corrected chi connectivity index (χ4v) is 4.08. The van der Waals surface area contributed by atoms with Crippen molar-refractivity contribution in [1.82, 2.24) is 25.5 Å². The average Bonchev–Trinajstić information content (AvgIpc) is 3.12. The Morgan fingerprint density at radius 3 is 2.96 bits per heavy atom. The number of thioether (sulfide) groups is 1. The second-order valence-electron chi connectivity index (χ2n) is 6.78. The average molecular weight is 375 g/mol. The standard InChI is InChI=1S/C18H25N5O2S/c1-12-7-6-8-14(13(12)2)19-17(24)11-26-18-20-21-22-23(18)15-9-4-5-10-16(15)25-3/h4-5,9-10,12-14H,6-8,11H2,1-3H3,(H,19,24)/t12-,13+,14+/m0/s1. The molecule has 1 aliphatic rings. The Bertz CT molecular complexity index is 751. The second-order valence-corrected chi connectivity index (χ2v) is 7.72. The van der Waals surface area contributed by atoms with Gasteiger partial charge in [0.05, 0.1) is 12.9 Å². The van der Waals surface area contributed by atoms with E-state index in [0.717, 1.165) is 12.1 Å². The van der Waals surface area contributed by atoms with E-state index >= 15 is 0 Å².